The Morgan fingerprint density at radius 2 is 2.13 bits per heavy atom. The molecule has 0 unspecified atom stereocenters. The highest BCUT2D eigenvalue weighted by Crippen LogP contribution is 2.35. The Labute approximate surface area is 136 Å². The van der Waals surface area contributed by atoms with E-state index < -0.39 is 5.97 Å². The van der Waals surface area contributed by atoms with Crippen LogP contribution in [0, 0.1) is 5.92 Å². The number of hydrogen-bond acceptors (Lipinski definition) is 4. The van der Waals surface area contributed by atoms with E-state index in [1.54, 1.807) is 11.9 Å². The number of likely N-dealkylation sites (N-methyl/N-ethyl adjacent to an activating group) is 1. The number of hydrogen-bond donors (Lipinski definition) is 1. The third-order valence-electron chi connectivity index (χ3n) is 3.97. The van der Waals surface area contributed by atoms with Crippen LogP contribution in [0.3, 0.4) is 0 Å². The molecule has 1 aromatic carbocycles. The van der Waals surface area contributed by atoms with Gasteiger partial charge in [0.1, 0.15) is 5.75 Å². The highest BCUT2D eigenvalue weighted by Gasteiger charge is 2.23. The lowest BCUT2D eigenvalue weighted by atomic mass is 10.1. The molecule has 1 aromatic rings. The van der Waals surface area contributed by atoms with Gasteiger partial charge in [-0.3, -0.25) is 9.59 Å². The summed E-state index contributed by atoms with van der Waals surface area (Å²) in [7, 11) is 1.73. The summed E-state index contributed by atoms with van der Waals surface area (Å²) < 4.78 is 5.51. The van der Waals surface area contributed by atoms with Crippen LogP contribution in [0.2, 0.25) is 0 Å². The molecule has 126 valence electrons. The van der Waals surface area contributed by atoms with Gasteiger partial charge in [0.05, 0.1) is 12.1 Å². The molecule has 1 N–H and O–H groups in total. The molecule has 0 atom stereocenters. The van der Waals surface area contributed by atoms with E-state index in [4.69, 9.17) is 9.84 Å². The maximum Gasteiger partial charge on any atom is 0.305 e. The van der Waals surface area contributed by atoms with Crippen LogP contribution in [0.4, 0.5) is 11.4 Å². The third kappa shape index (κ3) is 4.37. The second-order valence-corrected chi connectivity index (χ2v) is 6.21. The standard InChI is InChI=1S/C17H24N2O4/c1-12(2)6-8-19(9-7-17(21)22)13-4-5-14-15(10-13)23-11-16(20)18(14)3/h4-5,10,12H,6-9,11H2,1-3H3,(H,21,22). The minimum atomic E-state index is -0.806. The maximum atomic E-state index is 11.7. The summed E-state index contributed by atoms with van der Waals surface area (Å²) in [5.41, 5.74) is 1.67. The van der Waals surface area contributed by atoms with Gasteiger partial charge in [0.25, 0.3) is 5.91 Å². The van der Waals surface area contributed by atoms with Crippen LogP contribution in [0.5, 0.6) is 5.75 Å². The molecule has 1 heterocycles. The number of anilines is 2. The molecule has 0 saturated carbocycles. The van der Waals surface area contributed by atoms with Gasteiger partial charge in [-0.1, -0.05) is 13.8 Å². The van der Waals surface area contributed by atoms with Crippen LogP contribution in [0.15, 0.2) is 18.2 Å². The van der Waals surface area contributed by atoms with Crippen molar-refractivity contribution >= 4 is 23.3 Å². The largest absolute Gasteiger partial charge is 0.481 e. The second kappa shape index (κ2) is 7.35. The van der Waals surface area contributed by atoms with Gasteiger partial charge in [0, 0.05) is 31.9 Å². The fraction of sp³-hybridized carbons (Fsp3) is 0.529. The molecule has 0 radical (unpaired) electrons. The monoisotopic (exact) mass is 320 g/mol. The molecule has 0 saturated heterocycles. The fourth-order valence-corrected chi connectivity index (χ4v) is 2.48. The number of benzene rings is 1. The topological polar surface area (TPSA) is 70.1 Å². The summed E-state index contributed by atoms with van der Waals surface area (Å²) in [6, 6.07) is 5.66. The fourth-order valence-electron chi connectivity index (χ4n) is 2.48. The molecule has 23 heavy (non-hydrogen) atoms. The Morgan fingerprint density at radius 1 is 1.39 bits per heavy atom. The van der Waals surface area contributed by atoms with E-state index in [-0.39, 0.29) is 18.9 Å². The summed E-state index contributed by atoms with van der Waals surface area (Å²) in [6.07, 6.45) is 1.07. The average molecular weight is 320 g/mol. The van der Waals surface area contributed by atoms with Crippen molar-refractivity contribution in [3.63, 3.8) is 0 Å². The van der Waals surface area contributed by atoms with Gasteiger partial charge in [0.15, 0.2) is 6.61 Å². The highest BCUT2D eigenvalue weighted by molar-refractivity contribution is 5.97. The van der Waals surface area contributed by atoms with E-state index in [1.807, 2.05) is 18.2 Å². The van der Waals surface area contributed by atoms with Gasteiger partial charge in [-0.2, -0.15) is 0 Å². The first-order valence-corrected chi connectivity index (χ1v) is 7.88. The number of aliphatic carboxylic acids is 1. The van der Waals surface area contributed by atoms with Crippen molar-refractivity contribution in [2.45, 2.75) is 26.7 Å². The molecule has 0 aromatic heterocycles. The number of amides is 1. The molecule has 1 aliphatic heterocycles. The number of carbonyl (C=O) groups is 2. The van der Waals surface area contributed by atoms with E-state index in [0.29, 0.717) is 18.2 Å². The first-order chi connectivity index (χ1) is 10.9. The first-order valence-electron chi connectivity index (χ1n) is 7.88. The Morgan fingerprint density at radius 3 is 2.78 bits per heavy atom. The van der Waals surface area contributed by atoms with Crippen LogP contribution in [-0.4, -0.2) is 43.7 Å². The van der Waals surface area contributed by atoms with E-state index in [1.165, 1.54) is 0 Å². The van der Waals surface area contributed by atoms with Crippen LogP contribution in [0.1, 0.15) is 26.7 Å². The highest BCUT2D eigenvalue weighted by atomic mass is 16.5. The Balaban J connectivity index is 2.20. The lowest BCUT2D eigenvalue weighted by molar-refractivity contribution is -0.136. The Kier molecular flexibility index (Phi) is 5.47. The van der Waals surface area contributed by atoms with Crippen molar-refractivity contribution in [3.8, 4) is 5.75 Å². The lowest BCUT2D eigenvalue weighted by Crippen LogP contribution is -2.35. The summed E-state index contributed by atoms with van der Waals surface area (Å²) in [4.78, 5) is 26.2. The molecular weight excluding hydrogens is 296 g/mol. The molecule has 6 heteroatoms. The minimum absolute atomic E-state index is 0.0358. The van der Waals surface area contributed by atoms with Crippen molar-refractivity contribution in [2.24, 2.45) is 5.92 Å². The summed E-state index contributed by atoms with van der Waals surface area (Å²) in [6.45, 7) is 5.57. The van der Waals surface area contributed by atoms with Crippen LogP contribution in [0.25, 0.3) is 0 Å². The number of carboxylic acid groups (broad SMARTS) is 1. The van der Waals surface area contributed by atoms with Crippen molar-refractivity contribution < 1.29 is 19.4 Å². The molecule has 6 nitrogen and oxygen atoms in total. The van der Waals surface area contributed by atoms with Gasteiger partial charge in [-0.25, -0.2) is 0 Å². The quantitative estimate of drug-likeness (QED) is 0.835. The van der Waals surface area contributed by atoms with Gasteiger partial charge in [0.2, 0.25) is 0 Å². The van der Waals surface area contributed by atoms with E-state index in [2.05, 4.69) is 18.7 Å². The number of nitrogens with zero attached hydrogens (tertiary/aromatic N) is 2. The number of carboxylic acids is 1. The number of rotatable bonds is 7. The van der Waals surface area contributed by atoms with Gasteiger partial charge in [-0.15, -0.1) is 0 Å². The number of ether oxygens (including phenoxy) is 1. The predicted octanol–water partition coefficient (Wildman–Crippen LogP) is 2.37. The summed E-state index contributed by atoms with van der Waals surface area (Å²) in [5, 5.41) is 8.95. The molecule has 0 bridgehead atoms. The smallest absolute Gasteiger partial charge is 0.305 e. The van der Waals surface area contributed by atoms with Crippen molar-refractivity contribution in [1.29, 1.82) is 0 Å². The van der Waals surface area contributed by atoms with Crippen LogP contribution in [-0.2, 0) is 9.59 Å². The zero-order chi connectivity index (χ0) is 17.0. The zero-order valence-corrected chi connectivity index (χ0v) is 13.9. The average Bonchev–Trinajstić information content (AvgIpc) is 2.50. The maximum absolute atomic E-state index is 11.7. The number of carbonyl (C=O) groups excluding carboxylic acids is 1. The molecule has 0 spiro atoms. The SMILES string of the molecule is CC(C)CCN(CCC(=O)O)c1ccc2c(c1)OCC(=O)N2C. The van der Waals surface area contributed by atoms with Crippen LogP contribution >= 0.6 is 0 Å². The van der Waals surface area contributed by atoms with E-state index >= 15 is 0 Å². The molecule has 1 aliphatic rings. The normalized spacial score (nSPS) is 13.7. The molecule has 0 aliphatic carbocycles. The first kappa shape index (κ1) is 17.1. The van der Waals surface area contributed by atoms with Crippen molar-refractivity contribution in [1.82, 2.24) is 0 Å². The second-order valence-electron chi connectivity index (χ2n) is 6.21. The summed E-state index contributed by atoms with van der Waals surface area (Å²) >= 11 is 0. The van der Waals surface area contributed by atoms with Crippen molar-refractivity contribution in [3.05, 3.63) is 18.2 Å². The lowest BCUT2D eigenvalue weighted by Gasteiger charge is -2.29. The predicted molar refractivity (Wildman–Crippen MR) is 89.3 cm³/mol. The molecule has 0 fully saturated rings. The van der Waals surface area contributed by atoms with Crippen molar-refractivity contribution in [2.75, 3.05) is 36.5 Å². The molecular formula is C17H24N2O4. The zero-order valence-electron chi connectivity index (χ0n) is 13.9. The third-order valence-corrected chi connectivity index (χ3v) is 3.97. The molecule has 2 rings (SSSR count). The van der Waals surface area contributed by atoms with Crippen LogP contribution < -0.4 is 14.5 Å². The molecule has 1 amide bonds. The van der Waals surface area contributed by atoms with E-state index in [0.717, 1.165) is 24.3 Å². The van der Waals surface area contributed by atoms with Gasteiger partial charge >= 0.3 is 5.97 Å². The Hall–Kier alpha value is -2.24. The minimum Gasteiger partial charge on any atom is -0.481 e. The number of fused-ring (bicyclic) bond motifs is 1. The van der Waals surface area contributed by atoms with Gasteiger partial charge < -0.3 is 19.6 Å². The van der Waals surface area contributed by atoms with E-state index in [9.17, 15) is 9.59 Å². The van der Waals surface area contributed by atoms with Gasteiger partial charge in [-0.05, 0) is 24.5 Å². The summed E-state index contributed by atoms with van der Waals surface area (Å²) in [5.74, 6) is 0.321. The Bertz CT molecular complexity index is 586.